The van der Waals surface area contributed by atoms with Crippen LogP contribution in [-0.2, 0) is 10.0 Å². The maximum absolute atomic E-state index is 12.6. The number of hydrogen-bond donors (Lipinski definition) is 2. The number of rotatable bonds is 5. The van der Waals surface area contributed by atoms with Gasteiger partial charge in [-0.25, -0.2) is 8.42 Å². The number of likely N-dealkylation sites (N-methyl/N-ethyl adjacent to an activating group) is 1. The van der Waals surface area contributed by atoms with Gasteiger partial charge in [0.2, 0.25) is 10.0 Å². The van der Waals surface area contributed by atoms with E-state index in [1.54, 1.807) is 6.92 Å². The van der Waals surface area contributed by atoms with Gasteiger partial charge in [0.25, 0.3) is 0 Å². The normalized spacial score (nSPS) is 20.9. The van der Waals surface area contributed by atoms with Crippen LogP contribution in [0.15, 0.2) is 11.1 Å². The van der Waals surface area contributed by atoms with Crippen LogP contribution in [0.3, 0.4) is 0 Å². The highest BCUT2D eigenvalue weighted by atomic mass is 32.2. The predicted octanol–water partition coefficient (Wildman–Crippen LogP) is 0.871. The van der Waals surface area contributed by atoms with E-state index >= 15 is 0 Å². The zero-order valence-corrected chi connectivity index (χ0v) is 12.3. The number of H-pyrrole nitrogens is 1. The lowest BCUT2D eigenvalue weighted by molar-refractivity contribution is 0.319. The summed E-state index contributed by atoms with van der Waals surface area (Å²) in [6.45, 7) is 5.59. The Kier molecular flexibility index (Phi) is 4.59. The molecule has 2 heterocycles. The molecule has 6 nitrogen and oxygen atoms in total. The van der Waals surface area contributed by atoms with Gasteiger partial charge in [0.05, 0.1) is 11.9 Å². The number of aromatic nitrogens is 2. The minimum Gasteiger partial charge on any atom is -0.313 e. The summed E-state index contributed by atoms with van der Waals surface area (Å²) in [5.74, 6) is 0. The molecular formula is C12H22N4O2S. The summed E-state index contributed by atoms with van der Waals surface area (Å²) in [5, 5.41) is 9.88. The summed E-state index contributed by atoms with van der Waals surface area (Å²) in [4.78, 5) is 0.283. The molecule has 1 aliphatic rings. The number of aryl methyl sites for hydroxylation is 1. The standard InChI is InChI=1S/C12H22N4O2S/c1-3-16(9-11-6-4-5-7-13-11)19(17,18)12-8-14-15-10(12)2/h8,11,13H,3-7,9H2,1-2H3,(H,14,15). The van der Waals surface area contributed by atoms with Crippen molar-refractivity contribution < 1.29 is 8.42 Å². The molecule has 0 radical (unpaired) electrons. The van der Waals surface area contributed by atoms with Crippen LogP contribution in [0, 0.1) is 6.92 Å². The van der Waals surface area contributed by atoms with Gasteiger partial charge in [-0.1, -0.05) is 13.3 Å². The SMILES string of the molecule is CCN(CC1CCCCN1)S(=O)(=O)c1cn[nH]c1C. The van der Waals surface area contributed by atoms with Crippen molar-refractivity contribution in [3.63, 3.8) is 0 Å². The molecule has 1 unspecified atom stereocenters. The quantitative estimate of drug-likeness (QED) is 0.842. The highest BCUT2D eigenvalue weighted by Gasteiger charge is 2.28. The summed E-state index contributed by atoms with van der Waals surface area (Å²) in [5.41, 5.74) is 0.593. The second kappa shape index (κ2) is 6.02. The third-order valence-corrected chi connectivity index (χ3v) is 5.65. The van der Waals surface area contributed by atoms with Gasteiger partial charge in [0.1, 0.15) is 4.90 Å². The second-order valence-electron chi connectivity index (χ2n) is 4.96. The third-order valence-electron chi connectivity index (χ3n) is 3.59. The number of piperidine rings is 1. The molecule has 7 heteroatoms. The predicted molar refractivity (Wildman–Crippen MR) is 73.4 cm³/mol. The summed E-state index contributed by atoms with van der Waals surface area (Å²) >= 11 is 0. The van der Waals surface area contributed by atoms with Crippen molar-refractivity contribution in [2.45, 2.75) is 44.0 Å². The molecule has 1 aromatic heterocycles. The number of nitrogens with one attached hydrogen (secondary N) is 2. The zero-order chi connectivity index (χ0) is 13.9. The minimum absolute atomic E-state index is 0.260. The van der Waals surface area contributed by atoms with E-state index in [4.69, 9.17) is 0 Å². The van der Waals surface area contributed by atoms with Crippen molar-refractivity contribution in [3.05, 3.63) is 11.9 Å². The van der Waals surface area contributed by atoms with Gasteiger partial charge in [-0.05, 0) is 26.3 Å². The molecule has 108 valence electrons. The molecule has 19 heavy (non-hydrogen) atoms. The summed E-state index contributed by atoms with van der Waals surface area (Å²) in [7, 11) is -3.44. The van der Waals surface area contributed by atoms with Crippen LogP contribution in [0.1, 0.15) is 31.9 Å². The Morgan fingerprint density at radius 2 is 2.26 bits per heavy atom. The van der Waals surface area contributed by atoms with Crippen molar-refractivity contribution in [1.29, 1.82) is 0 Å². The molecule has 0 bridgehead atoms. The number of aromatic amines is 1. The van der Waals surface area contributed by atoms with Crippen molar-refractivity contribution >= 4 is 10.0 Å². The summed E-state index contributed by atoms with van der Waals surface area (Å²) < 4.78 is 26.6. The molecule has 2 rings (SSSR count). The lowest BCUT2D eigenvalue weighted by Crippen LogP contribution is -2.45. The highest BCUT2D eigenvalue weighted by molar-refractivity contribution is 7.89. The molecule has 1 saturated heterocycles. The van der Waals surface area contributed by atoms with Crippen LogP contribution in [0.2, 0.25) is 0 Å². The van der Waals surface area contributed by atoms with Crippen LogP contribution >= 0.6 is 0 Å². The van der Waals surface area contributed by atoms with E-state index in [1.165, 1.54) is 23.3 Å². The van der Waals surface area contributed by atoms with E-state index in [0.717, 1.165) is 13.0 Å². The molecule has 0 spiro atoms. The summed E-state index contributed by atoms with van der Waals surface area (Å²) in [6.07, 6.45) is 4.77. The molecule has 0 aromatic carbocycles. The van der Waals surface area contributed by atoms with Gasteiger partial charge >= 0.3 is 0 Å². The van der Waals surface area contributed by atoms with Gasteiger partial charge in [0, 0.05) is 19.1 Å². The lowest BCUT2D eigenvalue weighted by Gasteiger charge is -2.29. The van der Waals surface area contributed by atoms with E-state index in [0.29, 0.717) is 18.8 Å². The minimum atomic E-state index is -3.44. The Morgan fingerprint density at radius 1 is 1.47 bits per heavy atom. The Hall–Kier alpha value is -0.920. The van der Waals surface area contributed by atoms with Crippen LogP contribution in [0.4, 0.5) is 0 Å². The van der Waals surface area contributed by atoms with Gasteiger partial charge in [-0.15, -0.1) is 0 Å². The van der Waals surface area contributed by atoms with Crippen LogP contribution in [0.25, 0.3) is 0 Å². The first-order valence-electron chi connectivity index (χ1n) is 6.79. The molecule has 0 amide bonds. The molecule has 0 saturated carbocycles. The van der Waals surface area contributed by atoms with Crippen molar-refractivity contribution in [2.24, 2.45) is 0 Å². The summed E-state index contributed by atoms with van der Waals surface area (Å²) in [6, 6.07) is 0.260. The zero-order valence-electron chi connectivity index (χ0n) is 11.5. The average Bonchev–Trinajstić information content (AvgIpc) is 2.84. The maximum Gasteiger partial charge on any atom is 0.246 e. The molecule has 1 aromatic rings. The topological polar surface area (TPSA) is 78.1 Å². The smallest absolute Gasteiger partial charge is 0.246 e. The molecule has 1 fully saturated rings. The van der Waals surface area contributed by atoms with Crippen molar-refractivity contribution in [1.82, 2.24) is 19.8 Å². The van der Waals surface area contributed by atoms with Gasteiger partial charge in [0.15, 0.2) is 0 Å². The van der Waals surface area contributed by atoms with E-state index in [9.17, 15) is 8.42 Å². The first-order valence-corrected chi connectivity index (χ1v) is 8.23. The second-order valence-corrected chi connectivity index (χ2v) is 6.87. The van der Waals surface area contributed by atoms with Gasteiger partial charge in [-0.3, -0.25) is 5.10 Å². The fraction of sp³-hybridized carbons (Fsp3) is 0.750. The van der Waals surface area contributed by atoms with Crippen LogP contribution in [-0.4, -0.2) is 48.6 Å². The van der Waals surface area contributed by atoms with E-state index < -0.39 is 10.0 Å². The number of hydrogen-bond acceptors (Lipinski definition) is 4. The fourth-order valence-corrected chi connectivity index (χ4v) is 4.07. The maximum atomic E-state index is 12.6. The Bertz CT molecular complexity index is 506. The Balaban J connectivity index is 2.14. The van der Waals surface area contributed by atoms with Crippen LogP contribution < -0.4 is 5.32 Å². The first-order chi connectivity index (χ1) is 9.05. The fourth-order valence-electron chi connectivity index (χ4n) is 2.46. The van der Waals surface area contributed by atoms with Gasteiger partial charge in [-0.2, -0.15) is 9.40 Å². The van der Waals surface area contributed by atoms with Crippen LogP contribution in [0.5, 0.6) is 0 Å². The van der Waals surface area contributed by atoms with E-state index in [1.807, 2.05) is 6.92 Å². The largest absolute Gasteiger partial charge is 0.313 e. The average molecular weight is 286 g/mol. The highest BCUT2D eigenvalue weighted by Crippen LogP contribution is 2.19. The third kappa shape index (κ3) is 3.16. The Morgan fingerprint density at radius 3 is 2.79 bits per heavy atom. The number of sulfonamides is 1. The number of nitrogens with zero attached hydrogens (tertiary/aromatic N) is 2. The van der Waals surface area contributed by atoms with Crippen molar-refractivity contribution in [3.8, 4) is 0 Å². The molecule has 0 aliphatic carbocycles. The van der Waals surface area contributed by atoms with Gasteiger partial charge < -0.3 is 5.32 Å². The molecular weight excluding hydrogens is 264 g/mol. The van der Waals surface area contributed by atoms with E-state index in [-0.39, 0.29) is 10.9 Å². The molecule has 1 aliphatic heterocycles. The molecule has 2 N–H and O–H groups in total. The Labute approximate surface area is 114 Å². The molecule has 1 atom stereocenters. The lowest BCUT2D eigenvalue weighted by atomic mass is 10.1. The van der Waals surface area contributed by atoms with E-state index in [2.05, 4.69) is 15.5 Å². The first kappa shape index (κ1) is 14.5. The van der Waals surface area contributed by atoms with Crippen molar-refractivity contribution in [2.75, 3.05) is 19.6 Å². The monoisotopic (exact) mass is 286 g/mol.